The van der Waals surface area contributed by atoms with E-state index in [9.17, 15) is 9.59 Å². The highest BCUT2D eigenvalue weighted by molar-refractivity contribution is 6.33. The molecule has 0 saturated heterocycles. The van der Waals surface area contributed by atoms with Crippen LogP contribution in [-0.2, 0) is 4.79 Å². The summed E-state index contributed by atoms with van der Waals surface area (Å²) in [7, 11) is 1.58. The topological polar surface area (TPSA) is 62.6 Å². The Labute approximate surface area is 140 Å². The molecule has 0 radical (unpaired) electrons. The van der Waals surface area contributed by atoms with Gasteiger partial charge in [-0.1, -0.05) is 23.7 Å². The molecule has 0 aliphatic carbocycles. The third-order valence-electron chi connectivity index (χ3n) is 3.65. The van der Waals surface area contributed by atoms with Crippen LogP contribution in [0.3, 0.4) is 0 Å². The number of carbonyl (C=O) groups is 2. The Balaban J connectivity index is 2.06. The van der Waals surface area contributed by atoms with Crippen LogP contribution in [-0.4, -0.2) is 30.3 Å². The average molecular weight is 335 g/mol. The molecule has 0 fully saturated rings. The summed E-state index contributed by atoms with van der Waals surface area (Å²) >= 11 is 6.00. The second kappa shape index (κ2) is 6.87. The third kappa shape index (κ3) is 3.74. The molecule has 1 heterocycles. The predicted molar refractivity (Wildman–Crippen MR) is 90.0 cm³/mol. The van der Waals surface area contributed by atoms with Gasteiger partial charge in [0.25, 0.3) is 5.91 Å². The molecule has 0 aliphatic heterocycles. The van der Waals surface area contributed by atoms with Crippen molar-refractivity contribution in [1.82, 2.24) is 4.90 Å². The van der Waals surface area contributed by atoms with E-state index >= 15 is 0 Å². The number of benzene rings is 1. The van der Waals surface area contributed by atoms with E-state index in [2.05, 4.69) is 5.32 Å². The number of rotatable bonds is 4. The third-order valence-corrected chi connectivity index (χ3v) is 3.98. The molecule has 1 aromatic carbocycles. The van der Waals surface area contributed by atoms with Gasteiger partial charge in [0, 0.05) is 12.6 Å². The van der Waals surface area contributed by atoms with E-state index in [4.69, 9.17) is 16.0 Å². The zero-order chi connectivity index (χ0) is 17.1. The van der Waals surface area contributed by atoms with Gasteiger partial charge in [-0.3, -0.25) is 9.59 Å². The van der Waals surface area contributed by atoms with Crippen molar-refractivity contribution >= 4 is 29.1 Å². The number of furan rings is 1. The summed E-state index contributed by atoms with van der Waals surface area (Å²) in [6, 6.07) is 6.94. The fourth-order valence-corrected chi connectivity index (χ4v) is 2.52. The molecule has 122 valence electrons. The number of nitrogens with one attached hydrogen (secondary N) is 1. The first kappa shape index (κ1) is 17.1. The molecule has 0 bridgehead atoms. The van der Waals surface area contributed by atoms with Crippen molar-refractivity contribution in [3.05, 3.63) is 51.9 Å². The molecule has 0 aliphatic rings. The van der Waals surface area contributed by atoms with Crippen LogP contribution >= 0.6 is 11.6 Å². The maximum atomic E-state index is 12.5. The Hall–Kier alpha value is -2.27. The summed E-state index contributed by atoms with van der Waals surface area (Å²) < 4.78 is 5.47. The first-order chi connectivity index (χ1) is 10.8. The number of halogens is 1. The van der Waals surface area contributed by atoms with E-state index in [1.54, 1.807) is 38.2 Å². The summed E-state index contributed by atoms with van der Waals surface area (Å²) in [5, 5.41) is 3.14. The summed E-state index contributed by atoms with van der Waals surface area (Å²) in [4.78, 5) is 26.0. The van der Waals surface area contributed by atoms with Gasteiger partial charge in [-0.2, -0.15) is 0 Å². The van der Waals surface area contributed by atoms with Crippen LogP contribution in [0, 0.1) is 20.8 Å². The zero-order valence-corrected chi connectivity index (χ0v) is 14.3. The molecule has 0 spiro atoms. The van der Waals surface area contributed by atoms with Crippen molar-refractivity contribution in [1.29, 1.82) is 0 Å². The second-order valence-corrected chi connectivity index (χ2v) is 5.81. The molecule has 1 aromatic heterocycles. The van der Waals surface area contributed by atoms with E-state index in [-0.39, 0.29) is 18.4 Å². The van der Waals surface area contributed by atoms with Gasteiger partial charge in [0.15, 0.2) is 0 Å². The quantitative estimate of drug-likeness (QED) is 0.929. The molecular formula is C17H19ClN2O3. The number of nitrogens with zero attached hydrogens (tertiary/aromatic N) is 1. The van der Waals surface area contributed by atoms with Crippen LogP contribution in [0.5, 0.6) is 0 Å². The van der Waals surface area contributed by atoms with E-state index in [0.29, 0.717) is 27.8 Å². The lowest BCUT2D eigenvalue weighted by Gasteiger charge is -2.17. The van der Waals surface area contributed by atoms with Gasteiger partial charge in [-0.25, -0.2) is 0 Å². The summed E-state index contributed by atoms with van der Waals surface area (Å²) in [5.74, 6) is 0.707. The standard InChI is InChI=1S/C17H19ClN2O3/c1-10-11(2)23-12(3)16(10)17(22)20(4)9-15(21)19-14-8-6-5-7-13(14)18/h5-8H,9H2,1-4H3,(H,19,21). The Morgan fingerprint density at radius 2 is 1.83 bits per heavy atom. The minimum atomic E-state index is -0.315. The fraction of sp³-hybridized carbons (Fsp3) is 0.294. The SMILES string of the molecule is Cc1oc(C)c(C(=O)N(C)CC(=O)Nc2ccccc2Cl)c1C. The first-order valence-corrected chi connectivity index (χ1v) is 7.55. The highest BCUT2D eigenvalue weighted by Gasteiger charge is 2.23. The Morgan fingerprint density at radius 3 is 2.39 bits per heavy atom. The predicted octanol–water partition coefficient (Wildman–Crippen LogP) is 3.57. The normalized spacial score (nSPS) is 10.5. The van der Waals surface area contributed by atoms with Crippen molar-refractivity contribution in [2.45, 2.75) is 20.8 Å². The molecule has 5 nitrogen and oxygen atoms in total. The van der Waals surface area contributed by atoms with Crippen LogP contribution < -0.4 is 5.32 Å². The fourth-order valence-electron chi connectivity index (χ4n) is 2.34. The number of carbonyl (C=O) groups excluding carboxylic acids is 2. The van der Waals surface area contributed by atoms with Crippen LogP contribution in [0.1, 0.15) is 27.4 Å². The summed E-state index contributed by atoms with van der Waals surface area (Å²) in [5.41, 5.74) is 1.83. The molecule has 1 N–H and O–H groups in total. The van der Waals surface area contributed by atoms with Crippen LogP contribution in [0.15, 0.2) is 28.7 Å². The van der Waals surface area contributed by atoms with Gasteiger partial charge in [-0.15, -0.1) is 0 Å². The molecule has 0 atom stereocenters. The van der Waals surface area contributed by atoms with Crippen molar-refractivity contribution in [3.63, 3.8) is 0 Å². The van der Waals surface area contributed by atoms with Crippen LogP contribution in [0.2, 0.25) is 5.02 Å². The van der Waals surface area contributed by atoms with E-state index in [1.165, 1.54) is 4.90 Å². The number of para-hydroxylation sites is 1. The number of amides is 2. The minimum absolute atomic E-state index is 0.0762. The van der Waals surface area contributed by atoms with Gasteiger partial charge < -0.3 is 14.6 Å². The Bertz CT molecular complexity index is 752. The first-order valence-electron chi connectivity index (χ1n) is 7.17. The largest absolute Gasteiger partial charge is 0.466 e. The number of hydrogen-bond acceptors (Lipinski definition) is 3. The second-order valence-electron chi connectivity index (χ2n) is 5.40. The number of anilines is 1. The molecule has 6 heteroatoms. The van der Waals surface area contributed by atoms with Crippen molar-refractivity contribution in [2.24, 2.45) is 0 Å². The van der Waals surface area contributed by atoms with Gasteiger partial charge in [-0.05, 0) is 32.9 Å². The number of likely N-dealkylation sites (N-methyl/N-ethyl adjacent to an activating group) is 1. The van der Waals surface area contributed by atoms with Crippen LogP contribution in [0.4, 0.5) is 5.69 Å². The number of aryl methyl sites for hydroxylation is 2. The molecular weight excluding hydrogens is 316 g/mol. The highest BCUT2D eigenvalue weighted by atomic mass is 35.5. The van der Waals surface area contributed by atoms with Gasteiger partial charge in [0.2, 0.25) is 5.91 Å². The summed E-state index contributed by atoms with van der Waals surface area (Å²) in [6.45, 7) is 5.30. The number of hydrogen-bond donors (Lipinski definition) is 1. The Morgan fingerprint density at radius 1 is 1.17 bits per heavy atom. The zero-order valence-electron chi connectivity index (χ0n) is 13.6. The van der Waals surface area contributed by atoms with Gasteiger partial charge >= 0.3 is 0 Å². The smallest absolute Gasteiger partial charge is 0.257 e. The van der Waals surface area contributed by atoms with Crippen LogP contribution in [0.25, 0.3) is 0 Å². The lowest BCUT2D eigenvalue weighted by atomic mass is 10.1. The van der Waals surface area contributed by atoms with E-state index < -0.39 is 0 Å². The molecule has 2 rings (SSSR count). The molecule has 0 unspecified atom stereocenters. The van der Waals surface area contributed by atoms with E-state index in [1.807, 2.05) is 13.8 Å². The van der Waals surface area contributed by atoms with Crippen molar-refractivity contribution < 1.29 is 14.0 Å². The Kier molecular flexibility index (Phi) is 5.11. The van der Waals surface area contributed by atoms with Gasteiger partial charge in [0.1, 0.15) is 11.5 Å². The highest BCUT2D eigenvalue weighted by Crippen LogP contribution is 2.22. The average Bonchev–Trinajstić information content (AvgIpc) is 2.73. The molecule has 0 saturated carbocycles. The van der Waals surface area contributed by atoms with Crippen molar-refractivity contribution in [3.8, 4) is 0 Å². The lowest BCUT2D eigenvalue weighted by Crippen LogP contribution is -2.35. The molecule has 2 aromatic rings. The maximum absolute atomic E-state index is 12.5. The molecule has 2 amide bonds. The maximum Gasteiger partial charge on any atom is 0.257 e. The minimum Gasteiger partial charge on any atom is -0.466 e. The van der Waals surface area contributed by atoms with Gasteiger partial charge in [0.05, 0.1) is 22.8 Å². The molecule has 23 heavy (non-hydrogen) atoms. The van der Waals surface area contributed by atoms with Crippen molar-refractivity contribution in [2.75, 3.05) is 18.9 Å². The van der Waals surface area contributed by atoms with E-state index in [0.717, 1.165) is 5.56 Å². The monoisotopic (exact) mass is 334 g/mol. The summed E-state index contributed by atoms with van der Waals surface area (Å²) in [6.07, 6.45) is 0. The lowest BCUT2D eigenvalue weighted by molar-refractivity contribution is -0.116.